The maximum Gasteiger partial charge on any atom is 0.335 e. The SMILES string of the molecule is CS(=O)(=O)c1cc(C(=O)O)ccc1OCc1ccccc1. The van der Waals surface area contributed by atoms with Crippen molar-refractivity contribution in [3.05, 3.63) is 59.7 Å². The normalized spacial score (nSPS) is 11.1. The lowest BCUT2D eigenvalue weighted by atomic mass is 10.2. The molecule has 0 amide bonds. The maximum atomic E-state index is 11.8. The predicted octanol–water partition coefficient (Wildman–Crippen LogP) is 2.37. The lowest BCUT2D eigenvalue weighted by Gasteiger charge is -2.11. The number of rotatable bonds is 5. The van der Waals surface area contributed by atoms with Crippen molar-refractivity contribution in [3.63, 3.8) is 0 Å². The Hall–Kier alpha value is -2.34. The molecule has 5 nitrogen and oxygen atoms in total. The van der Waals surface area contributed by atoms with E-state index in [1.807, 2.05) is 30.3 Å². The lowest BCUT2D eigenvalue weighted by molar-refractivity contribution is 0.0696. The summed E-state index contributed by atoms with van der Waals surface area (Å²) in [6.45, 7) is 0.204. The number of hydrogen-bond donors (Lipinski definition) is 1. The first kappa shape index (κ1) is 15.1. The zero-order valence-corrected chi connectivity index (χ0v) is 12.1. The minimum absolute atomic E-state index is 0.0949. The van der Waals surface area contributed by atoms with Crippen LogP contribution in [0, 0.1) is 0 Å². The highest BCUT2D eigenvalue weighted by Crippen LogP contribution is 2.26. The lowest BCUT2D eigenvalue weighted by Crippen LogP contribution is -2.06. The Kier molecular flexibility index (Phi) is 4.28. The van der Waals surface area contributed by atoms with Gasteiger partial charge in [0.15, 0.2) is 9.84 Å². The molecule has 110 valence electrons. The molecule has 0 aliphatic rings. The van der Waals surface area contributed by atoms with Crippen molar-refractivity contribution in [1.29, 1.82) is 0 Å². The Bertz CT molecular complexity index is 751. The molecular weight excluding hydrogens is 292 g/mol. The van der Waals surface area contributed by atoms with Gasteiger partial charge < -0.3 is 9.84 Å². The molecular formula is C15H14O5S. The Morgan fingerprint density at radius 2 is 1.81 bits per heavy atom. The van der Waals surface area contributed by atoms with Crippen LogP contribution in [0.25, 0.3) is 0 Å². The zero-order chi connectivity index (χ0) is 15.5. The number of carbonyl (C=O) groups is 1. The van der Waals surface area contributed by atoms with E-state index in [1.165, 1.54) is 12.1 Å². The first-order valence-electron chi connectivity index (χ1n) is 6.12. The number of carboxylic acid groups (broad SMARTS) is 1. The molecule has 0 saturated heterocycles. The van der Waals surface area contributed by atoms with Gasteiger partial charge in [-0.15, -0.1) is 0 Å². The predicted molar refractivity (Wildman–Crippen MR) is 77.3 cm³/mol. The zero-order valence-electron chi connectivity index (χ0n) is 11.3. The molecule has 2 rings (SSSR count). The standard InChI is InChI=1S/C15H14O5S/c1-21(18,19)14-9-12(15(16)17)7-8-13(14)20-10-11-5-3-2-4-6-11/h2-9H,10H2,1H3,(H,16,17). The van der Waals surface area contributed by atoms with Gasteiger partial charge in [0.1, 0.15) is 17.3 Å². The van der Waals surface area contributed by atoms with Gasteiger partial charge in [0.25, 0.3) is 0 Å². The van der Waals surface area contributed by atoms with E-state index in [-0.39, 0.29) is 22.8 Å². The molecule has 0 heterocycles. The van der Waals surface area contributed by atoms with Crippen molar-refractivity contribution in [2.75, 3.05) is 6.26 Å². The smallest absolute Gasteiger partial charge is 0.335 e. The van der Waals surface area contributed by atoms with Gasteiger partial charge >= 0.3 is 5.97 Å². The van der Waals surface area contributed by atoms with Crippen molar-refractivity contribution >= 4 is 15.8 Å². The van der Waals surface area contributed by atoms with Crippen LogP contribution in [0.3, 0.4) is 0 Å². The van der Waals surface area contributed by atoms with Gasteiger partial charge in [0.05, 0.1) is 5.56 Å². The summed E-state index contributed by atoms with van der Waals surface area (Å²) in [5.74, 6) is -1.04. The fourth-order valence-electron chi connectivity index (χ4n) is 1.79. The molecule has 0 aliphatic carbocycles. The third-order valence-electron chi connectivity index (χ3n) is 2.83. The summed E-state index contributed by atoms with van der Waals surface area (Å²) in [6.07, 6.45) is 1.02. The van der Waals surface area contributed by atoms with Crippen molar-refractivity contribution < 1.29 is 23.1 Å². The Balaban J connectivity index is 2.33. The number of hydrogen-bond acceptors (Lipinski definition) is 4. The summed E-state index contributed by atoms with van der Waals surface area (Å²) >= 11 is 0. The van der Waals surface area contributed by atoms with E-state index in [1.54, 1.807) is 0 Å². The second-order valence-electron chi connectivity index (χ2n) is 4.51. The molecule has 2 aromatic rings. The molecule has 21 heavy (non-hydrogen) atoms. The number of sulfone groups is 1. The van der Waals surface area contributed by atoms with E-state index in [0.717, 1.165) is 17.9 Å². The molecule has 1 N–H and O–H groups in total. The molecule has 0 fully saturated rings. The third kappa shape index (κ3) is 3.82. The van der Waals surface area contributed by atoms with Crippen LogP contribution in [-0.4, -0.2) is 25.7 Å². The highest BCUT2D eigenvalue weighted by Gasteiger charge is 2.17. The van der Waals surface area contributed by atoms with Gasteiger partial charge in [-0.05, 0) is 23.8 Å². The van der Waals surface area contributed by atoms with Crippen LogP contribution in [0.2, 0.25) is 0 Å². The Morgan fingerprint density at radius 3 is 2.38 bits per heavy atom. The Morgan fingerprint density at radius 1 is 1.14 bits per heavy atom. The largest absolute Gasteiger partial charge is 0.488 e. The molecule has 0 spiro atoms. The van der Waals surface area contributed by atoms with Gasteiger partial charge in [0, 0.05) is 6.26 Å². The van der Waals surface area contributed by atoms with E-state index in [4.69, 9.17) is 9.84 Å². The first-order valence-corrected chi connectivity index (χ1v) is 8.01. The number of ether oxygens (including phenoxy) is 1. The maximum absolute atomic E-state index is 11.8. The molecule has 0 atom stereocenters. The summed E-state index contributed by atoms with van der Waals surface area (Å²) in [5, 5.41) is 8.94. The van der Waals surface area contributed by atoms with E-state index in [9.17, 15) is 13.2 Å². The molecule has 0 saturated carbocycles. The van der Waals surface area contributed by atoms with E-state index < -0.39 is 15.8 Å². The summed E-state index contributed by atoms with van der Waals surface area (Å²) in [4.78, 5) is 10.8. The van der Waals surface area contributed by atoms with E-state index in [0.29, 0.717) is 0 Å². The van der Waals surface area contributed by atoms with Crippen LogP contribution in [0.15, 0.2) is 53.4 Å². The van der Waals surface area contributed by atoms with E-state index in [2.05, 4.69) is 0 Å². The molecule has 6 heteroatoms. The van der Waals surface area contributed by atoms with E-state index >= 15 is 0 Å². The van der Waals surface area contributed by atoms with Crippen molar-refractivity contribution in [2.45, 2.75) is 11.5 Å². The topological polar surface area (TPSA) is 80.7 Å². The second kappa shape index (κ2) is 5.97. The van der Waals surface area contributed by atoms with Gasteiger partial charge in [0.2, 0.25) is 0 Å². The number of benzene rings is 2. The highest BCUT2D eigenvalue weighted by molar-refractivity contribution is 7.90. The van der Waals surface area contributed by atoms with Crippen LogP contribution in [-0.2, 0) is 16.4 Å². The van der Waals surface area contributed by atoms with Gasteiger partial charge in [-0.3, -0.25) is 0 Å². The fourth-order valence-corrected chi connectivity index (χ4v) is 2.62. The van der Waals surface area contributed by atoms with Crippen molar-refractivity contribution in [1.82, 2.24) is 0 Å². The van der Waals surface area contributed by atoms with Crippen LogP contribution >= 0.6 is 0 Å². The summed E-state index contributed by atoms with van der Waals surface area (Å²) in [7, 11) is -3.58. The molecule has 0 bridgehead atoms. The Labute approximate surface area is 122 Å². The van der Waals surface area contributed by atoms with Gasteiger partial charge in [-0.1, -0.05) is 30.3 Å². The first-order chi connectivity index (χ1) is 9.88. The fraction of sp³-hybridized carbons (Fsp3) is 0.133. The van der Waals surface area contributed by atoms with Gasteiger partial charge in [-0.2, -0.15) is 0 Å². The van der Waals surface area contributed by atoms with Crippen LogP contribution in [0.1, 0.15) is 15.9 Å². The third-order valence-corrected chi connectivity index (χ3v) is 3.95. The number of carboxylic acids is 1. The van der Waals surface area contributed by atoms with Crippen molar-refractivity contribution in [2.24, 2.45) is 0 Å². The van der Waals surface area contributed by atoms with Gasteiger partial charge in [-0.25, -0.2) is 13.2 Å². The summed E-state index contributed by atoms with van der Waals surface area (Å²) < 4.78 is 29.0. The molecule has 0 aromatic heterocycles. The minimum atomic E-state index is -3.58. The average Bonchev–Trinajstić information content (AvgIpc) is 2.45. The molecule has 0 unspecified atom stereocenters. The van der Waals surface area contributed by atoms with Crippen molar-refractivity contribution in [3.8, 4) is 5.75 Å². The summed E-state index contributed by atoms with van der Waals surface area (Å²) in [6, 6.07) is 13.1. The monoisotopic (exact) mass is 306 g/mol. The van der Waals surface area contributed by atoms with Crippen LogP contribution in [0.4, 0.5) is 0 Å². The summed E-state index contributed by atoms with van der Waals surface area (Å²) in [5.41, 5.74) is 0.793. The van der Waals surface area contributed by atoms with Crippen LogP contribution < -0.4 is 4.74 Å². The number of aromatic carboxylic acids is 1. The van der Waals surface area contributed by atoms with Crippen LogP contribution in [0.5, 0.6) is 5.75 Å². The minimum Gasteiger partial charge on any atom is -0.488 e. The molecule has 2 aromatic carbocycles. The molecule has 0 aliphatic heterocycles. The quantitative estimate of drug-likeness (QED) is 0.917. The average molecular weight is 306 g/mol. The molecule has 0 radical (unpaired) electrons. The second-order valence-corrected chi connectivity index (χ2v) is 6.50. The highest BCUT2D eigenvalue weighted by atomic mass is 32.2.